The van der Waals surface area contributed by atoms with Gasteiger partial charge in [0.25, 0.3) is 15.9 Å². The van der Waals surface area contributed by atoms with Crippen LogP contribution in [0, 0.1) is 0 Å². The third-order valence-electron chi connectivity index (χ3n) is 5.90. The second kappa shape index (κ2) is 8.89. The molecule has 0 unspecified atom stereocenters. The molecule has 2 fully saturated rings. The number of benzene rings is 1. The number of hydrogen-bond acceptors (Lipinski definition) is 8. The molecule has 11 heteroatoms. The van der Waals surface area contributed by atoms with Crippen LogP contribution in [0.25, 0.3) is 0 Å². The van der Waals surface area contributed by atoms with Crippen molar-refractivity contribution >= 4 is 27.3 Å². The molecule has 0 atom stereocenters. The first-order valence-electron chi connectivity index (χ1n) is 10.2. The van der Waals surface area contributed by atoms with Crippen LogP contribution in [0.3, 0.4) is 0 Å². The van der Waals surface area contributed by atoms with E-state index < -0.39 is 15.7 Å². The zero-order chi connectivity index (χ0) is 22.9. The van der Waals surface area contributed by atoms with Crippen LogP contribution >= 0.6 is 11.3 Å². The molecule has 0 radical (unpaired) electrons. The lowest BCUT2D eigenvalue weighted by molar-refractivity contribution is -0.0856. The van der Waals surface area contributed by atoms with E-state index in [-0.39, 0.29) is 5.91 Å². The van der Waals surface area contributed by atoms with E-state index in [0.29, 0.717) is 66.1 Å². The summed E-state index contributed by atoms with van der Waals surface area (Å²) < 4.78 is 50.1. The molecule has 32 heavy (non-hydrogen) atoms. The van der Waals surface area contributed by atoms with Crippen LogP contribution in [0.1, 0.15) is 23.2 Å². The van der Waals surface area contributed by atoms with Gasteiger partial charge in [-0.05, 0) is 23.6 Å². The second-order valence-corrected chi connectivity index (χ2v) is 10.5. The molecule has 2 aliphatic rings. The fourth-order valence-electron chi connectivity index (χ4n) is 4.29. The molecule has 0 saturated carbocycles. The number of sulfonamides is 1. The van der Waals surface area contributed by atoms with Crippen molar-refractivity contribution in [2.45, 2.75) is 22.8 Å². The fourth-order valence-corrected chi connectivity index (χ4v) is 7.12. The number of carbonyl (C=O) groups excluding carboxylic acids is 1. The molecule has 1 aromatic heterocycles. The zero-order valence-electron chi connectivity index (χ0n) is 18.2. The highest BCUT2D eigenvalue weighted by Crippen LogP contribution is 2.41. The van der Waals surface area contributed by atoms with E-state index in [9.17, 15) is 13.2 Å². The number of rotatable bonds is 6. The molecule has 0 aliphatic carbocycles. The van der Waals surface area contributed by atoms with Gasteiger partial charge in [0.1, 0.15) is 9.93 Å². The highest BCUT2D eigenvalue weighted by molar-refractivity contribution is 7.91. The Kier molecular flexibility index (Phi) is 6.35. The van der Waals surface area contributed by atoms with Gasteiger partial charge in [-0.15, -0.1) is 11.3 Å². The number of methoxy groups -OCH3 is 3. The predicted molar refractivity (Wildman–Crippen MR) is 118 cm³/mol. The van der Waals surface area contributed by atoms with Crippen molar-refractivity contribution in [2.24, 2.45) is 0 Å². The monoisotopic (exact) mass is 482 g/mol. The summed E-state index contributed by atoms with van der Waals surface area (Å²) >= 11 is 1.19. The van der Waals surface area contributed by atoms with Gasteiger partial charge in [0.2, 0.25) is 5.75 Å². The minimum absolute atomic E-state index is 0.190. The molecule has 2 saturated heterocycles. The fraction of sp³-hybridized carbons (Fsp3) is 0.476. The van der Waals surface area contributed by atoms with Gasteiger partial charge in [-0.3, -0.25) is 4.79 Å². The van der Waals surface area contributed by atoms with E-state index >= 15 is 0 Å². The smallest absolute Gasteiger partial charge is 0.255 e. The summed E-state index contributed by atoms with van der Waals surface area (Å²) in [5.41, 5.74) is -0.514. The van der Waals surface area contributed by atoms with Crippen LogP contribution in [0.15, 0.2) is 33.9 Å². The minimum atomic E-state index is -3.64. The van der Waals surface area contributed by atoms with Crippen molar-refractivity contribution in [1.82, 2.24) is 9.21 Å². The van der Waals surface area contributed by atoms with E-state index in [4.69, 9.17) is 18.9 Å². The Hall–Kier alpha value is -2.34. The number of piperidine rings is 1. The highest BCUT2D eigenvalue weighted by Gasteiger charge is 2.51. The lowest BCUT2D eigenvalue weighted by Crippen LogP contribution is -2.55. The van der Waals surface area contributed by atoms with Crippen molar-refractivity contribution in [3.05, 3.63) is 35.2 Å². The largest absolute Gasteiger partial charge is 0.493 e. The maximum absolute atomic E-state index is 13.2. The SMILES string of the molecule is COc1cc(C(=O)N2CCC3(CC2)OCCN3S(=O)(=O)c2cccs2)cc(OC)c1OC. The predicted octanol–water partition coefficient (Wildman–Crippen LogP) is 2.43. The van der Waals surface area contributed by atoms with E-state index in [0.717, 1.165) is 0 Å². The van der Waals surface area contributed by atoms with E-state index in [2.05, 4.69) is 0 Å². The average Bonchev–Trinajstić information content (AvgIpc) is 3.49. The summed E-state index contributed by atoms with van der Waals surface area (Å²) in [6.07, 6.45) is 0.793. The number of amides is 1. The molecule has 3 heterocycles. The van der Waals surface area contributed by atoms with Crippen LogP contribution < -0.4 is 14.2 Å². The van der Waals surface area contributed by atoms with Crippen LogP contribution in [-0.4, -0.2) is 76.8 Å². The molecule has 1 amide bonds. The number of carbonyl (C=O) groups is 1. The van der Waals surface area contributed by atoms with Gasteiger partial charge < -0.3 is 23.8 Å². The average molecular weight is 483 g/mol. The van der Waals surface area contributed by atoms with Crippen molar-refractivity contribution in [3.8, 4) is 17.2 Å². The molecule has 0 N–H and O–H groups in total. The molecular weight excluding hydrogens is 456 g/mol. The van der Waals surface area contributed by atoms with Gasteiger partial charge >= 0.3 is 0 Å². The Morgan fingerprint density at radius 2 is 1.72 bits per heavy atom. The number of nitrogens with zero attached hydrogens (tertiary/aromatic N) is 2. The van der Waals surface area contributed by atoms with Gasteiger partial charge in [-0.1, -0.05) is 6.07 Å². The van der Waals surface area contributed by atoms with Gasteiger partial charge in [-0.2, -0.15) is 4.31 Å². The molecule has 9 nitrogen and oxygen atoms in total. The van der Waals surface area contributed by atoms with Gasteiger partial charge in [0, 0.05) is 38.0 Å². The molecule has 0 bridgehead atoms. The zero-order valence-corrected chi connectivity index (χ0v) is 19.8. The Morgan fingerprint density at radius 3 is 2.25 bits per heavy atom. The topological polar surface area (TPSA) is 94.6 Å². The van der Waals surface area contributed by atoms with Crippen molar-refractivity contribution in [3.63, 3.8) is 0 Å². The maximum atomic E-state index is 13.2. The summed E-state index contributed by atoms with van der Waals surface area (Å²) in [5, 5.41) is 1.75. The van der Waals surface area contributed by atoms with Crippen molar-refractivity contribution in [1.29, 1.82) is 0 Å². The van der Waals surface area contributed by atoms with E-state index in [1.807, 2.05) is 0 Å². The molecule has 2 aromatic rings. The first kappa shape index (κ1) is 22.8. The van der Waals surface area contributed by atoms with Gasteiger partial charge in [-0.25, -0.2) is 8.42 Å². The summed E-state index contributed by atoms with van der Waals surface area (Å²) in [4.78, 5) is 14.9. The Morgan fingerprint density at radius 1 is 1.06 bits per heavy atom. The first-order chi connectivity index (χ1) is 15.4. The van der Waals surface area contributed by atoms with Crippen LogP contribution in [0.5, 0.6) is 17.2 Å². The van der Waals surface area contributed by atoms with Crippen LogP contribution in [0.4, 0.5) is 0 Å². The molecular formula is C21H26N2O7S2. The first-order valence-corrected chi connectivity index (χ1v) is 12.5. The van der Waals surface area contributed by atoms with Crippen LogP contribution in [-0.2, 0) is 14.8 Å². The number of likely N-dealkylation sites (tertiary alicyclic amines) is 1. The molecule has 1 spiro atoms. The summed E-state index contributed by atoms with van der Waals surface area (Å²) in [6, 6.07) is 6.57. The molecule has 1 aromatic carbocycles. The van der Waals surface area contributed by atoms with E-state index in [1.54, 1.807) is 34.5 Å². The van der Waals surface area contributed by atoms with E-state index in [1.165, 1.54) is 37.0 Å². The molecule has 2 aliphatic heterocycles. The quantitative estimate of drug-likeness (QED) is 0.624. The third-order valence-corrected chi connectivity index (χ3v) is 9.22. The van der Waals surface area contributed by atoms with Crippen LogP contribution in [0.2, 0.25) is 0 Å². The minimum Gasteiger partial charge on any atom is -0.493 e. The lowest BCUT2D eigenvalue weighted by Gasteiger charge is -2.42. The van der Waals surface area contributed by atoms with Crippen molar-refractivity contribution in [2.75, 3.05) is 47.6 Å². The summed E-state index contributed by atoms with van der Waals surface area (Å²) in [6.45, 7) is 1.38. The lowest BCUT2D eigenvalue weighted by atomic mass is 9.99. The standard InChI is InChI=1S/C21H26N2O7S2/c1-27-16-13-15(14-17(28-2)19(16)29-3)20(24)22-8-6-21(7-9-22)23(10-11-30-21)32(25,26)18-5-4-12-31-18/h4-5,12-14H,6-11H2,1-3H3. The Labute approximate surface area is 191 Å². The third kappa shape index (κ3) is 3.83. The number of thiophene rings is 1. The van der Waals surface area contributed by atoms with Gasteiger partial charge in [0.15, 0.2) is 11.5 Å². The van der Waals surface area contributed by atoms with Crippen molar-refractivity contribution < 1.29 is 32.2 Å². The summed E-state index contributed by atoms with van der Waals surface area (Å²) in [7, 11) is 0.854. The Balaban J connectivity index is 1.53. The highest BCUT2D eigenvalue weighted by atomic mass is 32.2. The normalized spacial score (nSPS) is 18.7. The van der Waals surface area contributed by atoms with Gasteiger partial charge in [0.05, 0.1) is 27.9 Å². The Bertz CT molecular complexity index is 1050. The number of ether oxygens (including phenoxy) is 4. The number of hydrogen-bond donors (Lipinski definition) is 0. The molecule has 4 rings (SSSR count). The summed E-state index contributed by atoms with van der Waals surface area (Å²) in [5.74, 6) is 1.02. The molecule has 174 valence electrons. The maximum Gasteiger partial charge on any atom is 0.255 e. The second-order valence-electron chi connectivity index (χ2n) is 7.51.